The highest BCUT2D eigenvalue weighted by molar-refractivity contribution is 5.73. The molecule has 0 aliphatic carbocycles. The van der Waals surface area contributed by atoms with Gasteiger partial charge in [0.05, 0.1) is 5.56 Å². The standard InChI is InChI=1S/C11H15NO2/c1-4-10-6-5-9(7-13)11(14)12(10)8(2)3/h5-8H,4H2,1-3H3. The van der Waals surface area contributed by atoms with E-state index in [0.29, 0.717) is 6.29 Å². The Morgan fingerprint density at radius 1 is 1.43 bits per heavy atom. The third-order valence-electron chi connectivity index (χ3n) is 2.24. The van der Waals surface area contributed by atoms with Crippen LogP contribution < -0.4 is 5.56 Å². The van der Waals surface area contributed by atoms with Crippen LogP contribution in [0.5, 0.6) is 0 Å². The number of hydrogen-bond acceptors (Lipinski definition) is 2. The van der Waals surface area contributed by atoms with Gasteiger partial charge in [-0.25, -0.2) is 0 Å². The molecule has 1 aromatic rings. The molecule has 0 saturated heterocycles. The van der Waals surface area contributed by atoms with E-state index in [-0.39, 0.29) is 17.2 Å². The smallest absolute Gasteiger partial charge is 0.261 e. The first-order valence-corrected chi connectivity index (χ1v) is 4.81. The fourth-order valence-electron chi connectivity index (χ4n) is 1.55. The highest BCUT2D eigenvalue weighted by atomic mass is 16.1. The summed E-state index contributed by atoms with van der Waals surface area (Å²) in [5.74, 6) is 0. The lowest BCUT2D eigenvalue weighted by Gasteiger charge is -2.15. The second kappa shape index (κ2) is 4.22. The van der Waals surface area contributed by atoms with E-state index >= 15 is 0 Å². The van der Waals surface area contributed by atoms with Crippen LogP contribution in [0.3, 0.4) is 0 Å². The summed E-state index contributed by atoms with van der Waals surface area (Å²) in [5.41, 5.74) is 1.01. The zero-order valence-corrected chi connectivity index (χ0v) is 8.78. The number of aryl methyl sites for hydroxylation is 1. The van der Waals surface area contributed by atoms with Gasteiger partial charge >= 0.3 is 0 Å². The lowest BCUT2D eigenvalue weighted by atomic mass is 10.2. The fraction of sp³-hybridized carbons (Fsp3) is 0.455. The summed E-state index contributed by atoms with van der Waals surface area (Å²) in [4.78, 5) is 22.3. The van der Waals surface area contributed by atoms with Gasteiger partial charge < -0.3 is 4.57 Å². The number of pyridine rings is 1. The third kappa shape index (κ3) is 1.76. The Bertz CT molecular complexity index is 391. The summed E-state index contributed by atoms with van der Waals surface area (Å²) in [6.45, 7) is 5.87. The number of carbonyl (C=O) groups excluding carboxylic acids is 1. The number of rotatable bonds is 3. The van der Waals surface area contributed by atoms with Gasteiger partial charge in [0.1, 0.15) is 0 Å². The second-order valence-corrected chi connectivity index (χ2v) is 3.52. The Balaban J connectivity index is 3.47. The minimum Gasteiger partial charge on any atom is -0.310 e. The van der Waals surface area contributed by atoms with Crippen LogP contribution >= 0.6 is 0 Å². The van der Waals surface area contributed by atoms with Crippen molar-refractivity contribution in [2.75, 3.05) is 0 Å². The van der Waals surface area contributed by atoms with Gasteiger partial charge in [-0.1, -0.05) is 6.92 Å². The molecular formula is C11H15NO2. The minimum atomic E-state index is -0.186. The number of carbonyl (C=O) groups is 1. The first kappa shape index (κ1) is 10.7. The molecule has 0 aliphatic heterocycles. The van der Waals surface area contributed by atoms with E-state index in [9.17, 15) is 9.59 Å². The molecule has 3 heteroatoms. The van der Waals surface area contributed by atoms with Crippen LogP contribution in [-0.2, 0) is 6.42 Å². The molecular weight excluding hydrogens is 178 g/mol. The maximum absolute atomic E-state index is 11.8. The fourth-order valence-corrected chi connectivity index (χ4v) is 1.55. The highest BCUT2D eigenvalue weighted by Crippen LogP contribution is 2.07. The van der Waals surface area contributed by atoms with Crippen LogP contribution in [0.4, 0.5) is 0 Å². The molecule has 0 aliphatic rings. The average molecular weight is 193 g/mol. The average Bonchev–Trinajstić information content (AvgIpc) is 2.16. The second-order valence-electron chi connectivity index (χ2n) is 3.52. The molecule has 3 nitrogen and oxygen atoms in total. The predicted molar refractivity (Wildman–Crippen MR) is 55.9 cm³/mol. The predicted octanol–water partition coefficient (Wildman–Crippen LogP) is 1.80. The molecule has 0 fully saturated rings. The topological polar surface area (TPSA) is 39.1 Å². The quantitative estimate of drug-likeness (QED) is 0.687. The van der Waals surface area contributed by atoms with Gasteiger partial charge in [0.2, 0.25) is 0 Å². The summed E-state index contributed by atoms with van der Waals surface area (Å²) < 4.78 is 1.67. The van der Waals surface area contributed by atoms with E-state index in [4.69, 9.17) is 0 Å². The highest BCUT2D eigenvalue weighted by Gasteiger charge is 2.09. The van der Waals surface area contributed by atoms with Gasteiger partial charge in [0.15, 0.2) is 6.29 Å². The van der Waals surface area contributed by atoms with E-state index in [1.807, 2.05) is 26.8 Å². The van der Waals surface area contributed by atoms with Crippen molar-refractivity contribution in [3.63, 3.8) is 0 Å². The van der Waals surface area contributed by atoms with Crippen molar-refractivity contribution in [2.24, 2.45) is 0 Å². The van der Waals surface area contributed by atoms with Crippen molar-refractivity contribution in [1.29, 1.82) is 0 Å². The van der Waals surface area contributed by atoms with E-state index in [0.717, 1.165) is 12.1 Å². The Morgan fingerprint density at radius 2 is 2.07 bits per heavy atom. The van der Waals surface area contributed by atoms with Crippen LogP contribution in [0, 0.1) is 0 Å². The third-order valence-corrected chi connectivity index (χ3v) is 2.24. The van der Waals surface area contributed by atoms with Crippen molar-refractivity contribution in [1.82, 2.24) is 4.57 Å². The molecule has 0 aromatic carbocycles. The monoisotopic (exact) mass is 193 g/mol. The first-order valence-electron chi connectivity index (χ1n) is 4.81. The summed E-state index contributed by atoms with van der Waals surface area (Å²) in [7, 11) is 0. The normalized spacial score (nSPS) is 10.6. The van der Waals surface area contributed by atoms with Crippen molar-refractivity contribution >= 4 is 6.29 Å². The van der Waals surface area contributed by atoms with Gasteiger partial charge in [0, 0.05) is 11.7 Å². The van der Waals surface area contributed by atoms with E-state index in [1.165, 1.54) is 0 Å². The van der Waals surface area contributed by atoms with Crippen LogP contribution in [0.15, 0.2) is 16.9 Å². The maximum atomic E-state index is 11.8. The van der Waals surface area contributed by atoms with Gasteiger partial charge in [-0.15, -0.1) is 0 Å². The Kier molecular flexibility index (Phi) is 3.23. The lowest BCUT2D eigenvalue weighted by Crippen LogP contribution is -2.27. The summed E-state index contributed by atoms with van der Waals surface area (Å²) >= 11 is 0. The molecule has 0 atom stereocenters. The van der Waals surface area contributed by atoms with Crippen molar-refractivity contribution < 1.29 is 4.79 Å². The molecule has 1 heterocycles. The molecule has 0 radical (unpaired) electrons. The number of aromatic nitrogens is 1. The molecule has 0 amide bonds. The molecule has 0 N–H and O–H groups in total. The molecule has 14 heavy (non-hydrogen) atoms. The van der Waals surface area contributed by atoms with E-state index < -0.39 is 0 Å². The maximum Gasteiger partial charge on any atom is 0.261 e. The molecule has 0 bridgehead atoms. The molecule has 1 rings (SSSR count). The van der Waals surface area contributed by atoms with Gasteiger partial charge in [0.25, 0.3) is 5.56 Å². The zero-order valence-electron chi connectivity index (χ0n) is 8.78. The largest absolute Gasteiger partial charge is 0.310 e. The SMILES string of the molecule is CCc1ccc(C=O)c(=O)n1C(C)C. The van der Waals surface area contributed by atoms with Crippen molar-refractivity contribution in [3.8, 4) is 0 Å². The van der Waals surface area contributed by atoms with E-state index in [1.54, 1.807) is 10.6 Å². The first-order chi connectivity index (χ1) is 6.61. The molecule has 0 spiro atoms. The van der Waals surface area contributed by atoms with Gasteiger partial charge in [-0.3, -0.25) is 9.59 Å². The lowest BCUT2D eigenvalue weighted by molar-refractivity contribution is 0.112. The summed E-state index contributed by atoms with van der Waals surface area (Å²) in [5, 5.41) is 0. The molecule has 76 valence electrons. The number of nitrogens with zero attached hydrogens (tertiary/aromatic N) is 1. The van der Waals surface area contributed by atoms with Gasteiger partial charge in [-0.2, -0.15) is 0 Å². The summed E-state index contributed by atoms with van der Waals surface area (Å²) in [6, 6.07) is 3.52. The Morgan fingerprint density at radius 3 is 2.50 bits per heavy atom. The Labute approximate surface area is 83.4 Å². The minimum absolute atomic E-state index is 0.0948. The van der Waals surface area contributed by atoms with Crippen LogP contribution in [0.25, 0.3) is 0 Å². The van der Waals surface area contributed by atoms with Crippen LogP contribution in [0.1, 0.15) is 42.9 Å². The molecule has 1 aromatic heterocycles. The van der Waals surface area contributed by atoms with Crippen LogP contribution in [0.2, 0.25) is 0 Å². The summed E-state index contributed by atoms with van der Waals surface area (Å²) in [6.07, 6.45) is 1.41. The van der Waals surface area contributed by atoms with Gasteiger partial charge in [-0.05, 0) is 32.4 Å². The zero-order chi connectivity index (χ0) is 10.7. The Hall–Kier alpha value is -1.38. The number of hydrogen-bond donors (Lipinski definition) is 0. The number of aldehydes is 1. The van der Waals surface area contributed by atoms with E-state index in [2.05, 4.69) is 0 Å². The molecule has 0 saturated carbocycles. The van der Waals surface area contributed by atoms with Crippen LogP contribution in [-0.4, -0.2) is 10.9 Å². The van der Waals surface area contributed by atoms with Crippen molar-refractivity contribution in [3.05, 3.63) is 33.7 Å². The molecule has 0 unspecified atom stereocenters. The van der Waals surface area contributed by atoms with Crippen molar-refractivity contribution in [2.45, 2.75) is 33.2 Å².